The summed E-state index contributed by atoms with van der Waals surface area (Å²) in [6.07, 6.45) is -4.40. The van der Waals surface area contributed by atoms with E-state index in [0.717, 1.165) is 21.5 Å². The van der Waals surface area contributed by atoms with Gasteiger partial charge < -0.3 is 4.84 Å². The van der Waals surface area contributed by atoms with E-state index in [1.54, 1.807) is 25.1 Å². The van der Waals surface area contributed by atoms with Crippen molar-refractivity contribution >= 4 is 17.3 Å². The maximum absolute atomic E-state index is 12.7. The monoisotopic (exact) mass is 425 g/mol. The highest BCUT2D eigenvalue weighted by Gasteiger charge is 2.30. The number of hydrogen-bond donors (Lipinski definition) is 0. The van der Waals surface area contributed by atoms with Gasteiger partial charge in [-0.05, 0) is 47.2 Å². The molecule has 11 heteroatoms. The van der Waals surface area contributed by atoms with Crippen LogP contribution in [0.3, 0.4) is 0 Å². The number of halogens is 4. The molecule has 1 aromatic heterocycles. The number of rotatable bonds is 5. The summed E-state index contributed by atoms with van der Waals surface area (Å²) in [4.78, 5) is 17.4. The Morgan fingerprint density at radius 3 is 2.45 bits per heavy atom. The predicted molar refractivity (Wildman–Crippen MR) is 100 cm³/mol. The molecule has 0 saturated carbocycles. The molecule has 0 fully saturated rings. The van der Waals surface area contributed by atoms with Crippen molar-refractivity contribution in [1.29, 1.82) is 0 Å². The summed E-state index contributed by atoms with van der Waals surface area (Å²) in [6.45, 7) is 1.51. The molecule has 0 spiro atoms. The van der Waals surface area contributed by atoms with E-state index in [0.29, 0.717) is 27.5 Å². The summed E-state index contributed by atoms with van der Waals surface area (Å²) in [5, 5.41) is 11.7. The zero-order valence-electron chi connectivity index (χ0n) is 15.3. The normalized spacial score (nSPS) is 12.3. The number of aryl methyl sites for hydroxylation is 1. The molecule has 0 saturated heterocycles. The van der Waals surface area contributed by atoms with Gasteiger partial charge in [0.25, 0.3) is 0 Å². The maximum Gasteiger partial charge on any atom is 0.416 e. The van der Waals surface area contributed by atoms with E-state index < -0.39 is 17.4 Å². The summed E-state index contributed by atoms with van der Waals surface area (Å²) < 4.78 is 40.1. The fourth-order valence-corrected chi connectivity index (χ4v) is 2.72. The molecule has 7 nitrogen and oxygen atoms in total. The van der Waals surface area contributed by atoms with Crippen LogP contribution in [0.5, 0.6) is 0 Å². The largest absolute Gasteiger partial charge is 0.416 e. The Labute approximate surface area is 167 Å². The molecule has 1 heterocycles. The molecule has 0 radical (unpaired) electrons. The van der Waals surface area contributed by atoms with Crippen molar-refractivity contribution in [2.24, 2.45) is 12.2 Å². The summed E-state index contributed by atoms with van der Waals surface area (Å²) in [5.74, 6) is 0. The van der Waals surface area contributed by atoms with Crippen LogP contribution in [-0.2, 0) is 24.7 Å². The summed E-state index contributed by atoms with van der Waals surface area (Å²) >= 11 is 6.23. The second kappa shape index (κ2) is 8.08. The van der Waals surface area contributed by atoms with Gasteiger partial charge >= 0.3 is 11.9 Å². The Bertz CT molecular complexity index is 1100. The van der Waals surface area contributed by atoms with E-state index >= 15 is 0 Å². The van der Waals surface area contributed by atoms with E-state index in [-0.39, 0.29) is 6.61 Å². The van der Waals surface area contributed by atoms with Crippen molar-refractivity contribution in [3.8, 4) is 5.69 Å². The van der Waals surface area contributed by atoms with E-state index in [4.69, 9.17) is 16.4 Å². The summed E-state index contributed by atoms with van der Waals surface area (Å²) in [7, 11) is 1.46. The molecule has 0 bridgehead atoms. The lowest BCUT2D eigenvalue weighted by atomic mass is 10.1. The van der Waals surface area contributed by atoms with Gasteiger partial charge in [-0.25, -0.2) is 4.79 Å². The third-order valence-corrected chi connectivity index (χ3v) is 4.44. The van der Waals surface area contributed by atoms with E-state index in [9.17, 15) is 18.0 Å². The standard InChI is InChI=1S/C18H15ClF3N5O2/c1-11(12-6-8-13(9-7-12)18(20,21)22)23-29-10-14-15(19)4-3-5-16(14)27-17(28)26(2)24-25-27/h3-9H,10H2,1-2H3. The lowest BCUT2D eigenvalue weighted by molar-refractivity contribution is -0.137. The fraction of sp³-hybridized carbons (Fsp3) is 0.222. The van der Waals surface area contributed by atoms with Gasteiger partial charge in [-0.2, -0.15) is 22.5 Å². The second-order valence-corrected chi connectivity index (χ2v) is 6.47. The Morgan fingerprint density at radius 2 is 1.86 bits per heavy atom. The second-order valence-electron chi connectivity index (χ2n) is 6.06. The first-order chi connectivity index (χ1) is 13.7. The number of hydrogen-bond acceptors (Lipinski definition) is 5. The van der Waals surface area contributed by atoms with Crippen LogP contribution in [0.2, 0.25) is 5.02 Å². The van der Waals surface area contributed by atoms with Gasteiger partial charge in [0.2, 0.25) is 0 Å². The predicted octanol–water partition coefficient (Wildman–Crippen LogP) is 3.58. The molecule has 3 rings (SSSR count). The fourth-order valence-electron chi connectivity index (χ4n) is 2.50. The van der Waals surface area contributed by atoms with E-state index in [1.807, 2.05) is 0 Å². The topological polar surface area (TPSA) is 74.3 Å². The van der Waals surface area contributed by atoms with Crippen molar-refractivity contribution in [2.75, 3.05) is 0 Å². The number of tetrazole rings is 1. The van der Waals surface area contributed by atoms with Crippen molar-refractivity contribution in [3.63, 3.8) is 0 Å². The smallest absolute Gasteiger partial charge is 0.391 e. The Hall–Kier alpha value is -3.14. The highest BCUT2D eigenvalue weighted by Crippen LogP contribution is 2.29. The molecule has 0 unspecified atom stereocenters. The lowest BCUT2D eigenvalue weighted by Gasteiger charge is -2.10. The van der Waals surface area contributed by atoms with Crippen LogP contribution in [0.25, 0.3) is 5.69 Å². The molecule has 0 aliphatic rings. The van der Waals surface area contributed by atoms with Crippen LogP contribution in [0, 0.1) is 0 Å². The number of aromatic nitrogens is 4. The average molecular weight is 426 g/mol. The Morgan fingerprint density at radius 1 is 1.17 bits per heavy atom. The summed E-state index contributed by atoms with van der Waals surface area (Å²) in [5.41, 5.74) is 0.494. The van der Waals surface area contributed by atoms with Crippen molar-refractivity contribution < 1.29 is 18.0 Å². The number of benzene rings is 2. The van der Waals surface area contributed by atoms with Gasteiger partial charge in [-0.15, -0.1) is 0 Å². The highest BCUT2D eigenvalue weighted by atomic mass is 35.5. The first-order valence-corrected chi connectivity index (χ1v) is 8.67. The lowest BCUT2D eigenvalue weighted by Crippen LogP contribution is -2.23. The first kappa shape index (κ1) is 20.6. The molecule has 3 aromatic rings. The quantitative estimate of drug-likeness (QED) is 0.462. The minimum Gasteiger partial charge on any atom is -0.391 e. The van der Waals surface area contributed by atoms with Gasteiger partial charge in [0.1, 0.15) is 6.61 Å². The SMILES string of the molecule is CC(=NOCc1c(Cl)cccc1-n1nnn(C)c1=O)c1ccc(C(F)(F)F)cc1. The van der Waals surface area contributed by atoms with Gasteiger partial charge in [-0.3, -0.25) is 0 Å². The molecule has 0 atom stereocenters. The van der Waals surface area contributed by atoms with E-state index in [1.165, 1.54) is 19.2 Å². The van der Waals surface area contributed by atoms with Crippen molar-refractivity contribution in [2.45, 2.75) is 19.7 Å². The van der Waals surface area contributed by atoms with Crippen LogP contribution in [0.1, 0.15) is 23.6 Å². The molecule has 0 amide bonds. The van der Waals surface area contributed by atoms with Crippen LogP contribution in [-0.4, -0.2) is 25.5 Å². The Kier molecular flexibility index (Phi) is 5.73. The Balaban J connectivity index is 1.80. The zero-order chi connectivity index (χ0) is 21.2. The highest BCUT2D eigenvalue weighted by molar-refractivity contribution is 6.31. The van der Waals surface area contributed by atoms with E-state index in [2.05, 4.69) is 15.6 Å². The molecule has 29 heavy (non-hydrogen) atoms. The molecule has 0 aliphatic carbocycles. The third-order valence-electron chi connectivity index (χ3n) is 4.08. The average Bonchev–Trinajstić information content (AvgIpc) is 3.01. The van der Waals surface area contributed by atoms with Crippen LogP contribution in [0.4, 0.5) is 13.2 Å². The maximum atomic E-state index is 12.7. The minimum atomic E-state index is -4.40. The summed E-state index contributed by atoms with van der Waals surface area (Å²) in [6, 6.07) is 9.47. The number of alkyl halides is 3. The van der Waals surface area contributed by atoms with Crippen LogP contribution >= 0.6 is 11.6 Å². The molecule has 152 valence electrons. The van der Waals surface area contributed by atoms with Crippen molar-refractivity contribution in [1.82, 2.24) is 19.8 Å². The van der Waals surface area contributed by atoms with Gasteiger partial charge in [0, 0.05) is 17.6 Å². The molecule has 0 aliphatic heterocycles. The number of nitrogens with zero attached hydrogens (tertiary/aromatic N) is 5. The molecular formula is C18H15ClF3N5O2. The number of oxime groups is 1. The van der Waals surface area contributed by atoms with Gasteiger partial charge in [0.15, 0.2) is 0 Å². The van der Waals surface area contributed by atoms with Crippen LogP contribution < -0.4 is 5.69 Å². The van der Waals surface area contributed by atoms with Gasteiger partial charge in [-0.1, -0.05) is 35.0 Å². The molecule has 2 aromatic carbocycles. The minimum absolute atomic E-state index is 0.0873. The molecule has 0 N–H and O–H groups in total. The van der Waals surface area contributed by atoms with Gasteiger partial charge in [0.05, 0.1) is 17.0 Å². The third kappa shape index (κ3) is 4.48. The van der Waals surface area contributed by atoms with Crippen molar-refractivity contribution in [3.05, 3.63) is 74.7 Å². The first-order valence-electron chi connectivity index (χ1n) is 8.29. The zero-order valence-corrected chi connectivity index (χ0v) is 16.1. The van der Waals surface area contributed by atoms with Crippen LogP contribution in [0.15, 0.2) is 52.4 Å². The molecular weight excluding hydrogens is 411 g/mol.